The van der Waals surface area contributed by atoms with Gasteiger partial charge in [-0.25, -0.2) is 0 Å². The second-order valence-electron chi connectivity index (χ2n) is 3.34. The van der Waals surface area contributed by atoms with E-state index in [1.165, 1.54) is 5.56 Å². The van der Waals surface area contributed by atoms with Gasteiger partial charge in [0.05, 0.1) is 0 Å². The van der Waals surface area contributed by atoms with Crippen LogP contribution in [0.4, 0.5) is 5.69 Å². The summed E-state index contributed by atoms with van der Waals surface area (Å²) in [5, 5.41) is 3.45. The second kappa shape index (κ2) is 4.00. The molecule has 0 bridgehead atoms. The van der Waals surface area contributed by atoms with Gasteiger partial charge in [-0.1, -0.05) is 17.7 Å². The molecule has 0 saturated heterocycles. The van der Waals surface area contributed by atoms with Crippen LogP contribution in [0.25, 0.3) is 0 Å². The monoisotopic (exact) mass is 192 g/mol. The van der Waals surface area contributed by atoms with Crippen molar-refractivity contribution < 1.29 is 0 Å². The zero-order valence-corrected chi connectivity index (χ0v) is 8.78. The van der Waals surface area contributed by atoms with E-state index in [1.807, 2.05) is 26.1 Å². The quantitative estimate of drug-likeness (QED) is 0.301. The van der Waals surface area contributed by atoms with Gasteiger partial charge in [0.2, 0.25) is 5.96 Å². The molecular weight excluding hydrogens is 176 g/mol. The van der Waals surface area contributed by atoms with Crippen LogP contribution in [0.3, 0.4) is 0 Å². The number of hydrazone groups is 1. The van der Waals surface area contributed by atoms with E-state index in [4.69, 9.17) is 11.6 Å². The van der Waals surface area contributed by atoms with Gasteiger partial charge < -0.3 is 16.5 Å². The Hall–Kier alpha value is -1.71. The lowest BCUT2D eigenvalue weighted by Gasteiger charge is -2.19. The molecule has 0 radical (unpaired) electrons. The van der Waals surface area contributed by atoms with Gasteiger partial charge in [0.1, 0.15) is 0 Å². The highest BCUT2D eigenvalue weighted by molar-refractivity contribution is 5.94. The van der Waals surface area contributed by atoms with Crippen molar-refractivity contribution in [2.75, 3.05) is 11.9 Å². The van der Waals surface area contributed by atoms with Crippen molar-refractivity contribution in [3.63, 3.8) is 0 Å². The van der Waals surface area contributed by atoms with Crippen LogP contribution < -0.4 is 16.5 Å². The predicted octanol–water partition coefficient (Wildman–Crippen LogP) is 0.928. The van der Waals surface area contributed by atoms with E-state index in [9.17, 15) is 0 Å². The number of anilines is 1. The molecule has 1 aromatic rings. The maximum absolute atomic E-state index is 5.61. The number of aryl methyl sites for hydroxylation is 2. The Labute approximate surface area is 84.2 Å². The first-order chi connectivity index (χ1) is 6.56. The van der Waals surface area contributed by atoms with E-state index >= 15 is 0 Å². The van der Waals surface area contributed by atoms with E-state index < -0.39 is 0 Å². The third-order valence-corrected chi connectivity index (χ3v) is 2.19. The molecule has 0 aliphatic heterocycles. The van der Waals surface area contributed by atoms with Crippen LogP contribution >= 0.6 is 0 Å². The highest BCUT2D eigenvalue weighted by Crippen LogP contribution is 2.19. The Balaban J connectivity index is 3.07. The average molecular weight is 192 g/mol. The van der Waals surface area contributed by atoms with E-state index in [0.29, 0.717) is 5.96 Å². The summed E-state index contributed by atoms with van der Waals surface area (Å²) in [6.07, 6.45) is 0. The highest BCUT2D eigenvalue weighted by Gasteiger charge is 2.07. The van der Waals surface area contributed by atoms with Crippen molar-refractivity contribution in [3.05, 3.63) is 29.3 Å². The molecule has 0 heterocycles. The molecule has 0 fully saturated rings. The Morgan fingerprint density at radius 1 is 1.36 bits per heavy atom. The summed E-state index contributed by atoms with van der Waals surface area (Å²) in [6, 6.07) is 6.13. The third kappa shape index (κ3) is 1.96. The lowest BCUT2D eigenvalue weighted by molar-refractivity contribution is 1.13. The summed E-state index contributed by atoms with van der Waals surface area (Å²) >= 11 is 0. The van der Waals surface area contributed by atoms with Gasteiger partial charge in [0.15, 0.2) is 0 Å². The SMILES string of the molecule is Cc1ccc(N(C)C(N)=NN)c(C)c1. The first-order valence-electron chi connectivity index (χ1n) is 4.40. The molecule has 4 heteroatoms. The summed E-state index contributed by atoms with van der Waals surface area (Å²) in [6.45, 7) is 4.08. The summed E-state index contributed by atoms with van der Waals surface area (Å²) in [4.78, 5) is 1.76. The molecule has 4 N–H and O–H groups in total. The van der Waals surface area contributed by atoms with Crippen LogP contribution in [0.5, 0.6) is 0 Å². The molecular formula is C10H16N4. The molecule has 0 atom stereocenters. The van der Waals surface area contributed by atoms with Crippen molar-refractivity contribution in [2.45, 2.75) is 13.8 Å². The molecule has 0 unspecified atom stereocenters. The van der Waals surface area contributed by atoms with Crippen LogP contribution in [-0.4, -0.2) is 13.0 Å². The summed E-state index contributed by atoms with van der Waals surface area (Å²) in [5.74, 6) is 5.41. The number of nitrogens with zero attached hydrogens (tertiary/aromatic N) is 2. The van der Waals surface area contributed by atoms with Gasteiger partial charge in [-0.2, -0.15) is 0 Å². The lowest BCUT2D eigenvalue weighted by atomic mass is 10.1. The zero-order valence-electron chi connectivity index (χ0n) is 8.78. The Morgan fingerprint density at radius 2 is 2.00 bits per heavy atom. The van der Waals surface area contributed by atoms with E-state index in [1.54, 1.807) is 4.90 Å². The number of nitrogens with two attached hydrogens (primary N) is 2. The van der Waals surface area contributed by atoms with Crippen molar-refractivity contribution >= 4 is 11.6 Å². The molecule has 0 aliphatic rings. The molecule has 4 nitrogen and oxygen atoms in total. The summed E-state index contributed by atoms with van der Waals surface area (Å²) in [7, 11) is 1.84. The Morgan fingerprint density at radius 3 is 2.50 bits per heavy atom. The van der Waals surface area contributed by atoms with Gasteiger partial charge in [-0.05, 0) is 25.5 Å². The highest BCUT2D eigenvalue weighted by atomic mass is 15.3. The summed E-state index contributed by atoms with van der Waals surface area (Å²) in [5.41, 5.74) is 9.00. The minimum atomic E-state index is 0.303. The fraction of sp³-hybridized carbons (Fsp3) is 0.300. The second-order valence-corrected chi connectivity index (χ2v) is 3.34. The molecule has 0 spiro atoms. The van der Waals surface area contributed by atoms with Crippen LogP contribution in [0, 0.1) is 13.8 Å². The molecule has 0 aromatic heterocycles. The van der Waals surface area contributed by atoms with Crippen LogP contribution in [0.15, 0.2) is 23.3 Å². The van der Waals surface area contributed by atoms with Crippen LogP contribution in [-0.2, 0) is 0 Å². The largest absolute Gasteiger partial charge is 0.368 e. The number of hydrogen-bond acceptors (Lipinski definition) is 2. The summed E-state index contributed by atoms with van der Waals surface area (Å²) < 4.78 is 0. The molecule has 0 amide bonds. The number of benzene rings is 1. The van der Waals surface area contributed by atoms with Gasteiger partial charge >= 0.3 is 0 Å². The smallest absolute Gasteiger partial charge is 0.217 e. The zero-order chi connectivity index (χ0) is 10.7. The van der Waals surface area contributed by atoms with Crippen LogP contribution in [0.1, 0.15) is 11.1 Å². The molecule has 14 heavy (non-hydrogen) atoms. The van der Waals surface area contributed by atoms with E-state index in [0.717, 1.165) is 11.3 Å². The fourth-order valence-corrected chi connectivity index (χ4v) is 1.39. The van der Waals surface area contributed by atoms with Gasteiger partial charge in [0.25, 0.3) is 0 Å². The maximum Gasteiger partial charge on any atom is 0.217 e. The Bertz CT molecular complexity index is 357. The minimum Gasteiger partial charge on any atom is -0.368 e. The van der Waals surface area contributed by atoms with Gasteiger partial charge in [-0.15, -0.1) is 5.10 Å². The first-order valence-corrected chi connectivity index (χ1v) is 4.40. The molecule has 1 rings (SSSR count). The standard InChI is InChI=1S/C10H16N4/c1-7-4-5-9(8(2)6-7)14(3)10(11)13-12/h4-6H,12H2,1-3H3,(H2,11,13). The van der Waals surface area contributed by atoms with E-state index in [-0.39, 0.29) is 0 Å². The van der Waals surface area contributed by atoms with Crippen molar-refractivity contribution in [2.24, 2.45) is 16.7 Å². The molecule has 0 saturated carbocycles. The van der Waals surface area contributed by atoms with Crippen molar-refractivity contribution in [1.82, 2.24) is 0 Å². The minimum absolute atomic E-state index is 0.303. The molecule has 76 valence electrons. The molecule has 0 aliphatic carbocycles. The number of guanidine groups is 1. The maximum atomic E-state index is 5.61. The predicted molar refractivity (Wildman–Crippen MR) is 60.1 cm³/mol. The normalized spacial score (nSPS) is 11.5. The van der Waals surface area contributed by atoms with E-state index in [2.05, 4.69) is 18.1 Å². The first kappa shape index (κ1) is 10.4. The number of rotatable bonds is 1. The third-order valence-electron chi connectivity index (χ3n) is 2.19. The Kier molecular flexibility index (Phi) is 2.96. The topological polar surface area (TPSA) is 67.6 Å². The van der Waals surface area contributed by atoms with Gasteiger partial charge in [-0.3, -0.25) is 0 Å². The van der Waals surface area contributed by atoms with Crippen LogP contribution in [0.2, 0.25) is 0 Å². The number of hydrogen-bond donors (Lipinski definition) is 2. The lowest BCUT2D eigenvalue weighted by Crippen LogP contribution is -2.35. The average Bonchev–Trinajstić information content (AvgIpc) is 2.15. The van der Waals surface area contributed by atoms with Gasteiger partial charge in [0, 0.05) is 12.7 Å². The van der Waals surface area contributed by atoms with Crippen molar-refractivity contribution in [1.29, 1.82) is 0 Å². The fourth-order valence-electron chi connectivity index (χ4n) is 1.39. The van der Waals surface area contributed by atoms with Crippen molar-refractivity contribution in [3.8, 4) is 0 Å². The molecule has 1 aromatic carbocycles.